The van der Waals surface area contributed by atoms with E-state index in [0.29, 0.717) is 6.54 Å². The molecule has 2 aliphatic heterocycles. The number of carboxylic acid groups (broad SMARTS) is 1. The van der Waals surface area contributed by atoms with Crippen LogP contribution in [-0.2, 0) is 16.1 Å². The summed E-state index contributed by atoms with van der Waals surface area (Å²) in [6.45, 7) is 3.86. The highest BCUT2D eigenvalue weighted by Crippen LogP contribution is 2.59. The van der Waals surface area contributed by atoms with E-state index in [1.54, 1.807) is 11.1 Å². The Kier molecular flexibility index (Phi) is 6.94. The number of carbonyl (C=O) groups is 3. The van der Waals surface area contributed by atoms with Crippen molar-refractivity contribution in [3.63, 3.8) is 0 Å². The predicted molar refractivity (Wildman–Crippen MR) is 107 cm³/mol. The van der Waals surface area contributed by atoms with Gasteiger partial charge in [0, 0.05) is 50.8 Å². The Morgan fingerprint density at radius 1 is 1.19 bits per heavy atom. The van der Waals surface area contributed by atoms with Crippen LogP contribution in [0.5, 0.6) is 0 Å². The number of amides is 3. The Morgan fingerprint density at radius 2 is 1.84 bits per heavy atom. The number of urea groups is 1. The number of carbonyl (C=O) groups excluding carboxylic acids is 2. The van der Waals surface area contributed by atoms with E-state index in [2.05, 4.69) is 4.98 Å². The first kappa shape index (κ1) is 23.8. The smallest absolute Gasteiger partial charge is 0.475 e. The van der Waals surface area contributed by atoms with Crippen molar-refractivity contribution in [2.45, 2.75) is 38.4 Å². The third kappa shape index (κ3) is 5.49. The molecule has 1 aliphatic carbocycles. The van der Waals surface area contributed by atoms with Crippen LogP contribution in [0.1, 0.15) is 31.4 Å². The number of pyridine rings is 1. The lowest BCUT2D eigenvalue weighted by molar-refractivity contribution is -0.192. The number of nitrogens with zero attached hydrogens (tertiary/aromatic N) is 4. The standard InChI is InChI=1S/C19H26N4O2.C2HF3O2/c1-21(13-15-6-2-3-8-20-15)17(24)16-12-19(16)7-11-23(14-19)18(25)22-9-4-5-10-22;3-2(4,5)1(6)7/h2-3,6,8,16H,4-5,7,9-14H2,1H3;(H,6,7). The molecule has 1 spiro atoms. The normalized spacial score (nSPS) is 24.2. The molecule has 176 valence electrons. The Morgan fingerprint density at radius 3 is 2.41 bits per heavy atom. The first-order valence-corrected chi connectivity index (χ1v) is 10.5. The maximum absolute atomic E-state index is 12.8. The van der Waals surface area contributed by atoms with Gasteiger partial charge in [0.25, 0.3) is 0 Å². The van der Waals surface area contributed by atoms with Crippen molar-refractivity contribution in [1.29, 1.82) is 0 Å². The summed E-state index contributed by atoms with van der Waals surface area (Å²) in [7, 11) is 1.85. The molecule has 3 aliphatic rings. The van der Waals surface area contributed by atoms with Crippen molar-refractivity contribution in [1.82, 2.24) is 19.7 Å². The van der Waals surface area contributed by atoms with E-state index in [1.807, 2.05) is 35.0 Å². The Balaban J connectivity index is 0.000000360. The van der Waals surface area contributed by atoms with Crippen LogP contribution in [0.4, 0.5) is 18.0 Å². The van der Waals surface area contributed by atoms with Gasteiger partial charge in [-0.25, -0.2) is 9.59 Å². The van der Waals surface area contributed by atoms with Crippen molar-refractivity contribution in [3.8, 4) is 0 Å². The molecule has 3 amide bonds. The van der Waals surface area contributed by atoms with Crippen molar-refractivity contribution in [2.75, 3.05) is 33.2 Å². The molecule has 2 atom stereocenters. The van der Waals surface area contributed by atoms with Gasteiger partial charge in [0.05, 0.1) is 12.2 Å². The lowest BCUT2D eigenvalue weighted by atomic mass is 10.0. The SMILES string of the molecule is CN(Cc1ccccn1)C(=O)C1CC12CCN(C(=O)N1CCCC1)C2.O=C(O)C(F)(F)F. The largest absolute Gasteiger partial charge is 0.490 e. The molecule has 4 rings (SSSR count). The quantitative estimate of drug-likeness (QED) is 0.755. The molecule has 1 aromatic heterocycles. The van der Waals surface area contributed by atoms with Gasteiger partial charge in [-0.15, -0.1) is 0 Å². The first-order chi connectivity index (χ1) is 15.0. The molecule has 1 N–H and O–H groups in total. The van der Waals surface area contributed by atoms with Crippen LogP contribution in [0.15, 0.2) is 24.4 Å². The number of rotatable bonds is 3. The zero-order chi connectivity index (χ0) is 23.5. The molecule has 2 saturated heterocycles. The number of hydrogen-bond donors (Lipinski definition) is 1. The lowest BCUT2D eigenvalue weighted by Crippen LogP contribution is -2.40. The van der Waals surface area contributed by atoms with Crippen molar-refractivity contribution in [3.05, 3.63) is 30.1 Å². The minimum absolute atomic E-state index is 0.0326. The predicted octanol–water partition coefficient (Wildman–Crippen LogP) is 2.60. The van der Waals surface area contributed by atoms with E-state index in [-0.39, 0.29) is 23.3 Å². The second-order valence-electron chi connectivity index (χ2n) is 8.59. The van der Waals surface area contributed by atoms with Gasteiger partial charge in [-0.2, -0.15) is 13.2 Å². The highest BCUT2D eigenvalue weighted by Gasteiger charge is 2.62. The van der Waals surface area contributed by atoms with Gasteiger partial charge in [0.1, 0.15) is 0 Å². The van der Waals surface area contributed by atoms with Crippen LogP contribution in [0.2, 0.25) is 0 Å². The van der Waals surface area contributed by atoms with E-state index >= 15 is 0 Å². The average Bonchev–Trinajstić information content (AvgIpc) is 3.10. The molecule has 32 heavy (non-hydrogen) atoms. The third-order valence-corrected chi connectivity index (χ3v) is 6.26. The molecule has 11 heteroatoms. The van der Waals surface area contributed by atoms with Gasteiger partial charge < -0.3 is 19.8 Å². The van der Waals surface area contributed by atoms with Gasteiger partial charge in [0.15, 0.2) is 0 Å². The summed E-state index contributed by atoms with van der Waals surface area (Å²) in [5.74, 6) is -2.49. The fraction of sp³-hybridized carbons (Fsp3) is 0.619. The van der Waals surface area contributed by atoms with Crippen molar-refractivity contribution >= 4 is 17.9 Å². The molecule has 3 heterocycles. The summed E-state index contributed by atoms with van der Waals surface area (Å²) < 4.78 is 31.7. The maximum atomic E-state index is 12.8. The zero-order valence-electron chi connectivity index (χ0n) is 17.8. The molecule has 8 nitrogen and oxygen atoms in total. The highest BCUT2D eigenvalue weighted by atomic mass is 19.4. The van der Waals surface area contributed by atoms with E-state index < -0.39 is 12.1 Å². The van der Waals surface area contributed by atoms with E-state index in [0.717, 1.165) is 57.6 Å². The molecular weight excluding hydrogens is 429 g/mol. The minimum Gasteiger partial charge on any atom is -0.475 e. The molecule has 3 fully saturated rings. The van der Waals surface area contributed by atoms with E-state index in [4.69, 9.17) is 9.90 Å². The third-order valence-electron chi connectivity index (χ3n) is 6.26. The van der Waals surface area contributed by atoms with Gasteiger partial charge in [-0.1, -0.05) is 6.07 Å². The first-order valence-electron chi connectivity index (χ1n) is 10.5. The fourth-order valence-corrected chi connectivity index (χ4v) is 4.39. The van der Waals surface area contributed by atoms with Crippen molar-refractivity contribution < 1.29 is 32.7 Å². The van der Waals surface area contributed by atoms with E-state index in [1.165, 1.54) is 0 Å². The highest BCUT2D eigenvalue weighted by molar-refractivity contribution is 5.83. The van der Waals surface area contributed by atoms with Gasteiger partial charge >= 0.3 is 18.2 Å². The number of likely N-dealkylation sites (tertiary alicyclic amines) is 2. The second kappa shape index (κ2) is 9.33. The maximum Gasteiger partial charge on any atom is 0.490 e. The van der Waals surface area contributed by atoms with Crippen LogP contribution in [-0.4, -0.2) is 82.1 Å². The number of alkyl halides is 3. The van der Waals surface area contributed by atoms with Crippen LogP contribution in [0.3, 0.4) is 0 Å². The molecule has 2 unspecified atom stereocenters. The average molecular weight is 456 g/mol. The van der Waals surface area contributed by atoms with E-state index in [9.17, 15) is 22.8 Å². The number of hydrogen-bond acceptors (Lipinski definition) is 4. The van der Waals surface area contributed by atoms with Crippen LogP contribution in [0.25, 0.3) is 0 Å². The summed E-state index contributed by atoms with van der Waals surface area (Å²) in [4.78, 5) is 44.3. The molecule has 0 radical (unpaired) electrons. The lowest BCUT2D eigenvalue weighted by Gasteiger charge is -2.24. The van der Waals surface area contributed by atoms with Gasteiger partial charge in [0.2, 0.25) is 5.91 Å². The molecular formula is C21H27F3N4O4. The number of aliphatic carboxylic acids is 1. The summed E-state index contributed by atoms with van der Waals surface area (Å²) in [5.41, 5.74) is 0.940. The Bertz CT molecular complexity index is 845. The zero-order valence-corrected chi connectivity index (χ0v) is 17.8. The van der Waals surface area contributed by atoms with Crippen LogP contribution in [0, 0.1) is 11.3 Å². The number of aromatic nitrogens is 1. The summed E-state index contributed by atoms with van der Waals surface area (Å²) >= 11 is 0. The van der Waals surface area contributed by atoms with Gasteiger partial charge in [-0.05, 0) is 37.8 Å². The Hall–Kier alpha value is -2.85. The topological polar surface area (TPSA) is 94.1 Å². The molecule has 1 aromatic rings. The summed E-state index contributed by atoms with van der Waals surface area (Å²) in [5, 5.41) is 7.12. The number of carboxylic acids is 1. The monoisotopic (exact) mass is 456 g/mol. The second-order valence-corrected chi connectivity index (χ2v) is 8.59. The minimum atomic E-state index is -5.08. The van der Waals surface area contributed by atoms with Crippen molar-refractivity contribution in [2.24, 2.45) is 11.3 Å². The molecule has 0 bridgehead atoms. The molecule has 1 saturated carbocycles. The molecule has 0 aromatic carbocycles. The summed E-state index contributed by atoms with van der Waals surface area (Å²) in [6, 6.07) is 5.94. The summed E-state index contributed by atoms with van der Waals surface area (Å²) in [6.07, 6.45) is 0.780. The number of halogens is 3. The van der Waals surface area contributed by atoms with Crippen LogP contribution < -0.4 is 0 Å². The van der Waals surface area contributed by atoms with Gasteiger partial charge in [-0.3, -0.25) is 9.78 Å². The fourth-order valence-electron chi connectivity index (χ4n) is 4.39. The van der Waals surface area contributed by atoms with Crippen LogP contribution >= 0.6 is 0 Å². The Labute approximate surface area is 184 Å².